The topological polar surface area (TPSA) is 15.3 Å². The quantitative estimate of drug-likeness (QED) is 0.898. The molecule has 2 rings (SSSR count). The third-order valence-electron chi connectivity index (χ3n) is 3.53. The molecular weight excluding hydrogens is 312 g/mol. The zero-order valence-corrected chi connectivity index (χ0v) is 13.3. The minimum absolute atomic E-state index is 0.493. The van der Waals surface area contributed by atoms with Gasteiger partial charge in [-0.15, -0.1) is 0 Å². The minimum atomic E-state index is 0.493. The lowest BCUT2D eigenvalue weighted by Crippen LogP contribution is -2.55. The summed E-state index contributed by atoms with van der Waals surface area (Å²) in [7, 11) is 0. The van der Waals surface area contributed by atoms with Crippen LogP contribution in [-0.2, 0) is 0 Å². The summed E-state index contributed by atoms with van der Waals surface area (Å²) in [4.78, 5) is 2.45. The highest BCUT2D eigenvalue weighted by Gasteiger charge is 2.26. The largest absolute Gasteiger partial charge is 0.365 e. The van der Waals surface area contributed by atoms with E-state index in [9.17, 15) is 0 Å². The van der Waals surface area contributed by atoms with Crippen molar-refractivity contribution < 1.29 is 0 Å². The van der Waals surface area contributed by atoms with Crippen molar-refractivity contribution in [2.24, 2.45) is 0 Å². The minimum Gasteiger partial charge on any atom is -0.365 e. The van der Waals surface area contributed by atoms with Crippen LogP contribution in [0.3, 0.4) is 0 Å². The van der Waals surface area contributed by atoms with Crippen LogP contribution in [0.15, 0.2) is 22.7 Å². The van der Waals surface area contributed by atoms with Gasteiger partial charge in [0.1, 0.15) is 0 Å². The van der Waals surface area contributed by atoms with Gasteiger partial charge in [-0.1, -0.05) is 31.0 Å². The second-order valence-corrected chi connectivity index (χ2v) is 6.17. The molecule has 1 aromatic carbocycles. The first-order valence-corrected chi connectivity index (χ1v) is 7.74. The number of halogens is 2. The van der Waals surface area contributed by atoms with Crippen molar-refractivity contribution >= 4 is 33.2 Å². The van der Waals surface area contributed by atoms with Crippen molar-refractivity contribution in [2.45, 2.75) is 38.8 Å². The van der Waals surface area contributed by atoms with Crippen LogP contribution in [0.2, 0.25) is 5.02 Å². The van der Waals surface area contributed by atoms with Gasteiger partial charge in [0.05, 0.1) is 15.2 Å². The zero-order valence-electron chi connectivity index (χ0n) is 10.9. The second-order valence-electron chi connectivity index (χ2n) is 4.97. The van der Waals surface area contributed by atoms with Crippen molar-refractivity contribution in [3.8, 4) is 0 Å². The highest BCUT2D eigenvalue weighted by atomic mass is 79.9. The third kappa shape index (κ3) is 3.01. The van der Waals surface area contributed by atoms with Gasteiger partial charge in [-0.3, -0.25) is 0 Å². The van der Waals surface area contributed by atoms with E-state index >= 15 is 0 Å². The predicted molar refractivity (Wildman–Crippen MR) is 82.7 cm³/mol. The van der Waals surface area contributed by atoms with Crippen molar-refractivity contribution in [3.63, 3.8) is 0 Å². The number of nitrogens with one attached hydrogen (secondary N) is 1. The summed E-state index contributed by atoms with van der Waals surface area (Å²) in [5.41, 5.74) is 1.21. The first-order chi connectivity index (χ1) is 8.63. The molecule has 2 nitrogen and oxygen atoms in total. The Balaban J connectivity index is 2.21. The van der Waals surface area contributed by atoms with Crippen molar-refractivity contribution in [1.29, 1.82) is 0 Å². The Morgan fingerprint density at radius 2 is 2.28 bits per heavy atom. The summed E-state index contributed by atoms with van der Waals surface area (Å²) in [6.07, 6.45) is 2.44. The molecule has 1 aromatic rings. The standard InChI is InChI=1S/C14H20BrClN2/c1-3-5-11-9-18(10(2)8-17-11)13-7-4-6-12(16)14(13)15/h4,6-7,10-11,17H,3,5,8-9H2,1-2H3. The van der Waals surface area contributed by atoms with Gasteiger partial charge < -0.3 is 10.2 Å². The molecule has 1 aliphatic rings. The van der Waals surface area contributed by atoms with E-state index in [1.807, 2.05) is 12.1 Å². The van der Waals surface area contributed by atoms with E-state index in [0.717, 1.165) is 22.6 Å². The lowest BCUT2D eigenvalue weighted by molar-refractivity contribution is 0.386. The molecule has 2 unspecified atom stereocenters. The fourth-order valence-corrected chi connectivity index (χ4v) is 3.18. The Kier molecular flexibility index (Phi) is 4.93. The lowest BCUT2D eigenvalue weighted by atomic mass is 10.1. The molecule has 0 aliphatic carbocycles. The fourth-order valence-electron chi connectivity index (χ4n) is 2.52. The van der Waals surface area contributed by atoms with Crippen LogP contribution in [-0.4, -0.2) is 25.2 Å². The number of piperazine rings is 1. The smallest absolute Gasteiger partial charge is 0.0595 e. The monoisotopic (exact) mass is 330 g/mol. The number of hydrogen-bond acceptors (Lipinski definition) is 2. The molecule has 18 heavy (non-hydrogen) atoms. The third-order valence-corrected chi connectivity index (χ3v) is 4.91. The molecule has 2 atom stereocenters. The molecule has 1 heterocycles. The van der Waals surface area contributed by atoms with Gasteiger partial charge in [-0.05, 0) is 41.4 Å². The van der Waals surface area contributed by atoms with E-state index in [-0.39, 0.29) is 0 Å². The molecule has 1 N–H and O–H groups in total. The zero-order chi connectivity index (χ0) is 13.1. The second kappa shape index (κ2) is 6.27. The van der Waals surface area contributed by atoms with Gasteiger partial charge in [-0.25, -0.2) is 0 Å². The molecule has 0 radical (unpaired) electrons. The molecule has 1 aliphatic heterocycles. The van der Waals surface area contributed by atoms with Crippen LogP contribution >= 0.6 is 27.5 Å². The summed E-state index contributed by atoms with van der Waals surface area (Å²) >= 11 is 9.80. The SMILES string of the molecule is CCCC1CN(c2cccc(Cl)c2Br)C(C)CN1. The summed E-state index contributed by atoms with van der Waals surface area (Å²) in [6, 6.07) is 7.16. The van der Waals surface area contributed by atoms with Crippen molar-refractivity contribution in [3.05, 3.63) is 27.7 Å². The maximum atomic E-state index is 6.19. The first kappa shape index (κ1) is 14.2. The molecule has 0 aromatic heterocycles. The average molecular weight is 332 g/mol. The highest BCUT2D eigenvalue weighted by molar-refractivity contribution is 9.10. The average Bonchev–Trinajstić information content (AvgIpc) is 2.36. The molecule has 1 fully saturated rings. The molecule has 0 saturated carbocycles. The predicted octanol–water partition coefficient (Wildman–Crippen LogP) is 4.07. The van der Waals surface area contributed by atoms with E-state index in [1.165, 1.54) is 18.5 Å². The Morgan fingerprint density at radius 3 is 3.00 bits per heavy atom. The number of nitrogens with zero attached hydrogens (tertiary/aromatic N) is 1. The van der Waals surface area contributed by atoms with Crippen molar-refractivity contribution in [2.75, 3.05) is 18.0 Å². The van der Waals surface area contributed by atoms with E-state index in [0.29, 0.717) is 12.1 Å². The molecule has 0 spiro atoms. The van der Waals surface area contributed by atoms with E-state index in [4.69, 9.17) is 11.6 Å². The summed E-state index contributed by atoms with van der Waals surface area (Å²) in [5, 5.41) is 4.40. The molecule has 0 bridgehead atoms. The Hall–Kier alpha value is -0.250. The summed E-state index contributed by atoms with van der Waals surface area (Å²) < 4.78 is 1.01. The van der Waals surface area contributed by atoms with E-state index in [1.54, 1.807) is 0 Å². The van der Waals surface area contributed by atoms with E-state index < -0.39 is 0 Å². The summed E-state index contributed by atoms with van der Waals surface area (Å²) in [6.45, 7) is 6.57. The van der Waals surface area contributed by atoms with Crippen LogP contribution in [0.5, 0.6) is 0 Å². The highest BCUT2D eigenvalue weighted by Crippen LogP contribution is 2.34. The molecular formula is C14H20BrClN2. The van der Waals surface area contributed by atoms with Gasteiger partial charge >= 0.3 is 0 Å². The summed E-state index contributed by atoms with van der Waals surface area (Å²) in [5.74, 6) is 0. The Bertz CT molecular complexity index is 411. The van der Waals surface area contributed by atoms with Gasteiger partial charge in [0, 0.05) is 25.2 Å². The van der Waals surface area contributed by atoms with Gasteiger partial charge in [0.15, 0.2) is 0 Å². The number of anilines is 1. The Labute approximate surface area is 123 Å². The maximum Gasteiger partial charge on any atom is 0.0595 e. The van der Waals surface area contributed by atoms with Gasteiger partial charge in [0.2, 0.25) is 0 Å². The van der Waals surface area contributed by atoms with Crippen molar-refractivity contribution in [1.82, 2.24) is 5.32 Å². The molecule has 1 saturated heterocycles. The molecule has 100 valence electrons. The molecule has 0 amide bonds. The molecule has 4 heteroatoms. The van der Waals surface area contributed by atoms with Crippen LogP contribution in [0.4, 0.5) is 5.69 Å². The fraction of sp³-hybridized carbons (Fsp3) is 0.571. The maximum absolute atomic E-state index is 6.19. The van der Waals surface area contributed by atoms with Gasteiger partial charge in [0.25, 0.3) is 0 Å². The van der Waals surface area contributed by atoms with Gasteiger partial charge in [-0.2, -0.15) is 0 Å². The normalized spacial score (nSPS) is 24.3. The van der Waals surface area contributed by atoms with Crippen LogP contribution in [0.25, 0.3) is 0 Å². The van der Waals surface area contributed by atoms with Crippen LogP contribution < -0.4 is 10.2 Å². The number of hydrogen-bond donors (Lipinski definition) is 1. The first-order valence-electron chi connectivity index (χ1n) is 6.57. The van der Waals surface area contributed by atoms with Crippen LogP contribution in [0, 0.1) is 0 Å². The number of benzene rings is 1. The van der Waals surface area contributed by atoms with E-state index in [2.05, 4.69) is 46.1 Å². The Morgan fingerprint density at radius 1 is 1.50 bits per heavy atom. The lowest BCUT2D eigenvalue weighted by Gasteiger charge is -2.41. The number of rotatable bonds is 3. The van der Waals surface area contributed by atoms with Crippen LogP contribution in [0.1, 0.15) is 26.7 Å².